The fourth-order valence-electron chi connectivity index (χ4n) is 3.36. The molecule has 0 spiro atoms. The van der Waals surface area contributed by atoms with Crippen LogP contribution < -0.4 is 9.47 Å². The average molecular weight is 341 g/mol. The predicted octanol–water partition coefficient (Wildman–Crippen LogP) is 2.79. The molecule has 0 radical (unpaired) electrons. The SMILES string of the molecule is COc1ccccc1CN(C(=O)c1nn2c(c1C)OCCC2)C1CC1. The first-order chi connectivity index (χ1) is 12.2. The normalized spacial score (nSPS) is 16.1. The molecule has 0 bridgehead atoms. The Labute approximate surface area is 147 Å². The first-order valence-electron chi connectivity index (χ1n) is 8.82. The summed E-state index contributed by atoms with van der Waals surface area (Å²) in [5.41, 5.74) is 2.37. The summed E-state index contributed by atoms with van der Waals surface area (Å²) in [7, 11) is 1.66. The number of hydrogen-bond acceptors (Lipinski definition) is 4. The predicted molar refractivity (Wildman–Crippen MR) is 93.0 cm³/mol. The molecule has 6 nitrogen and oxygen atoms in total. The minimum absolute atomic E-state index is 0.0172. The molecule has 1 amide bonds. The van der Waals surface area contributed by atoms with Crippen LogP contribution in [0.2, 0.25) is 0 Å². The molecule has 2 aliphatic rings. The molecule has 0 saturated heterocycles. The van der Waals surface area contributed by atoms with E-state index in [0.29, 0.717) is 18.8 Å². The van der Waals surface area contributed by atoms with Gasteiger partial charge in [0.05, 0.1) is 13.7 Å². The summed E-state index contributed by atoms with van der Waals surface area (Å²) < 4.78 is 13.0. The number of carbonyl (C=O) groups is 1. The summed E-state index contributed by atoms with van der Waals surface area (Å²) in [5, 5.41) is 4.53. The molecule has 0 unspecified atom stereocenters. The van der Waals surface area contributed by atoms with Gasteiger partial charge in [-0.2, -0.15) is 5.10 Å². The van der Waals surface area contributed by atoms with Gasteiger partial charge in [0.1, 0.15) is 5.75 Å². The highest BCUT2D eigenvalue weighted by molar-refractivity contribution is 5.94. The number of aromatic nitrogens is 2. The number of methoxy groups -OCH3 is 1. The zero-order valence-electron chi connectivity index (χ0n) is 14.7. The maximum Gasteiger partial charge on any atom is 0.275 e. The molecule has 1 saturated carbocycles. The second-order valence-corrected chi connectivity index (χ2v) is 6.68. The van der Waals surface area contributed by atoms with Crippen molar-refractivity contribution < 1.29 is 14.3 Å². The third kappa shape index (κ3) is 2.97. The van der Waals surface area contributed by atoms with Crippen molar-refractivity contribution >= 4 is 5.91 Å². The van der Waals surface area contributed by atoms with Crippen LogP contribution in [0.15, 0.2) is 24.3 Å². The molecule has 4 rings (SSSR count). The third-order valence-electron chi connectivity index (χ3n) is 4.87. The lowest BCUT2D eigenvalue weighted by Crippen LogP contribution is -2.33. The topological polar surface area (TPSA) is 56.6 Å². The van der Waals surface area contributed by atoms with E-state index in [1.807, 2.05) is 40.8 Å². The van der Waals surface area contributed by atoms with E-state index in [1.54, 1.807) is 7.11 Å². The highest BCUT2D eigenvalue weighted by Crippen LogP contribution is 2.33. The molecule has 1 aliphatic carbocycles. The zero-order chi connectivity index (χ0) is 17.4. The highest BCUT2D eigenvalue weighted by Gasteiger charge is 2.36. The van der Waals surface area contributed by atoms with E-state index in [9.17, 15) is 4.79 Å². The van der Waals surface area contributed by atoms with Crippen LogP contribution in [0.3, 0.4) is 0 Å². The Kier molecular flexibility index (Phi) is 4.11. The van der Waals surface area contributed by atoms with Crippen LogP contribution in [-0.4, -0.2) is 40.3 Å². The molecule has 0 atom stereocenters. The van der Waals surface area contributed by atoms with E-state index in [-0.39, 0.29) is 11.9 Å². The minimum atomic E-state index is -0.0172. The van der Waals surface area contributed by atoms with Crippen LogP contribution in [-0.2, 0) is 13.1 Å². The van der Waals surface area contributed by atoms with Gasteiger partial charge in [0.15, 0.2) is 5.69 Å². The van der Waals surface area contributed by atoms with Crippen LogP contribution in [0.4, 0.5) is 0 Å². The number of nitrogens with zero attached hydrogens (tertiary/aromatic N) is 3. The van der Waals surface area contributed by atoms with Crippen LogP contribution in [0.25, 0.3) is 0 Å². The number of hydrogen-bond donors (Lipinski definition) is 0. The number of amides is 1. The maximum absolute atomic E-state index is 13.2. The van der Waals surface area contributed by atoms with Crippen LogP contribution in [0.1, 0.15) is 40.9 Å². The number of rotatable bonds is 5. The minimum Gasteiger partial charge on any atom is -0.496 e. The largest absolute Gasteiger partial charge is 0.496 e. The van der Waals surface area contributed by atoms with Gasteiger partial charge >= 0.3 is 0 Å². The van der Waals surface area contributed by atoms with E-state index >= 15 is 0 Å². The number of benzene rings is 1. The average Bonchev–Trinajstić information content (AvgIpc) is 3.43. The van der Waals surface area contributed by atoms with Gasteiger partial charge in [0.25, 0.3) is 5.91 Å². The van der Waals surface area contributed by atoms with Crippen LogP contribution >= 0.6 is 0 Å². The van der Waals surface area contributed by atoms with Crippen LogP contribution in [0, 0.1) is 6.92 Å². The zero-order valence-corrected chi connectivity index (χ0v) is 14.7. The van der Waals surface area contributed by atoms with E-state index in [0.717, 1.165) is 48.6 Å². The molecule has 1 aromatic carbocycles. The van der Waals surface area contributed by atoms with Gasteiger partial charge in [-0.3, -0.25) is 4.79 Å². The van der Waals surface area contributed by atoms with E-state index in [1.165, 1.54) is 0 Å². The Hall–Kier alpha value is -2.50. The standard InChI is InChI=1S/C19H23N3O3/c1-13-17(20-22-10-5-11-25-19(13)22)18(23)21(15-8-9-15)12-14-6-3-4-7-16(14)24-2/h3-4,6-7,15H,5,8-12H2,1-2H3. The number of fused-ring (bicyclic) bond motifs is 1. The van der Waals surface area contributed by atoms with Gasteiger partial charge in [-0.15, -0.1) is 0 Å². The molecule has 1 aliphatic heterocycles. The van der Waals surface area contributed by atoms with Gasteiger partial charge in [-0.05, 0) is 25.8 Å². The molecule has 6 heteroatoms. The lowest BCUT2D eigenvalue weighted by atomic mass is 10.1. The number of aryl methyl sites for hydroxylation is 1. The maximum atomic E-state index is 13.2. The van der Waals surface area contributed by atoms with Crippen molar-refractivity contribution in [3.8, 4) is 11.6 Å². The third-order valence-corrected chi connectivity index (χ3v) is 4.87. The van der Waals surface area contributed by atoms with Gasteiger partial charge in [-0.25, -0.2) is 4.68 Å². The Morgan fingerprint density at radius 2 is 2.20 bits per heavy atom. The van der Waals surface area contributed by atoms with Crippen molar-refractivity contribution in [2.24, 2.45) is 0 Å². The number of carbonyl (C=O) groups excluding carboxylic acids is 1. The van der Waals surface area contributed by atoms with Crippen molar-refractivity contribution in [2.75, 3.05) is 13.7 Å². The second kappa shape index (κ2) is 6.43. The highest BCUT2D eigenvalue weighted by atomic mass is 16.5. The van der Waals surface area contributed by atoms with Crippen molar-refractivity contribution in [3.63, 3.8) is 0 Å². The Morgan fingerprint density at radius 3 is 2.92 bits per heavy atom. The van der Waals surface area contributed by atoms with E-state index in [4.69, 9.17) is 9.47 Å². The molecule has 2 aromatic rings. The van der Waals surface area contributed by atoms with E-state index < -0.39 is 0 Å². The van der Waals surface area contributed by atoms with Gasteiger partial charge in [-0.1, -0.05) is 18.2 Å². The van der Waals surface area contributed by atoms with Crippen molar-refractivity contribution in [3.05, 3.63) is 41.1 Å². The van der Waals surface area contributed by atoms with Gasteiger partial charge in [0.2, 0.25) is 5.88 Å². The quantitative estimate of drug-likeness (QED) is 0.839. The number of para-hydroxylation sites is 1. The van der Waals surface area contributed by atoms with Crippen LogP contribution in [0.5, 0.6) is 11.6 Å². The molecule has 2 heterocycles. The molecule has 1 fully saturated rings. The molecule has 25 heavy (non-hydrogen) atoms. The Balaban J connectivity index is 1.63. The first kappa shape index (κ1) is 16.0. The molecular formula is C19H23N3O3. The summed E-state index contributed by atoms with van der Waals surface area (Å²) in [6.07, 6.45) is 3.02. The Morgan fingerprint density at radius 1 is 1.40 bits per heavy atom. The second-order valence-electron chi connectivity index (χ2n) is 6.68. The summed E-state index contributed by atoms with van der Waals surface area (Å²) >= 11 is 0. The Bertz CT molecular complexity index is 795. The molecule has 1 aromatic heterocycles. The van der Waals surface area contributed by atoms with Gasteiger partial charge < -0.3 is 14.4 Å². The summed E-state index contributed by atoms with van der Waals surface area (Å²) in [6, 6.07) is 8.14. The lowest BCUT2D eigenvalue weighted by Gasteiger charge is -2.23. The number of ether oxygens (including phenoxy) is 2. The summed E-state index contributed by atoms with van der Waals surface area (Å²) in [4.78, 5) is 15.2. The molecule has 0 N–H and O–H groups in total. The molecule has 132 valence electrons. The summed E-state index contributed by atoms with van der Waals surface area (Å²) in [6.45, 7) is 3.95. The van der Waals surface area contributed by atoms with Crippen molar-refractivity contribution in [1.82, 2.24) is 14.7 Å². The molecular weight excluding hydrogens is 318 g/mol. The first-order valence-corrected chi connectivity index (χ1v) is 8.82. The fraction of sp³-hybridized carbons (Fsp3) is 0.474. The fourth-order valence-corrected chi connectivity index (χ4v) is 3.36. The summed E-state index contributed by atoms with van der Waals surface area (Å²) in [5.74, 6) is 1.53. The monoisotopic (exact) mass is 341 g/mol. The lowest BCUT2D eigenvalue weighted by molar-refractivity contribution is 0.0721. The van der Waals surface area contributed by atoms with E-state index in [2.05, 4.69) is 5.10 Å². The van der Waals surface area contributed by atoms with Gasteiger partial charge in [0, 0.05) is 36.7 Å². The smallest absolute Gasteiger partial charge is 0.275 e. The van der Waals surface area contributed by atoms with Crippen molar-refractivity contribution in [2.45, 2.75) is 45.3 Å². The van der Waals surface area contributed by atoms with Crippen molar-refractivity contribution in [1.29, 1.82) is 0 Å².